The smallest absolute Gasteiger partial charge is 0.183 e. The summed E-state index contributed by atoms with van der Waals surface area (Å²) in [6.07, 6.45) is 1.63. The Morgan fingerprint density at radius 2 is 1.96 bits per heavy atom. The predicted molar refractivity (Wildman–Crippen MR) is 109 cm³/mol. The molecule has 5 nitrogen and oxygen atoms in total. The molecule has 5 heteroatoms. The molecular formula is C23H25NO4. The minimum atomic E-state index is -0.435. The van der Waals surface area contributed by atoms with Gasteiger partial charge in [0.05, 0.1) is 11.6 Å². The van der Waals surface area contributed by atoms with Crippen LogP contribution in [0.5, 0.6) is 11.5 Å². The van der Waals surface area contributed by atoms with Crippen molar-refractivity contribution in [2.24, 2.45) is 0 Å². The maximum atomic E-state index is 12.6. The molecule has 0 aliphatic heterocycles. The van der Waals surface area contributed by atoms with Crippen molar-refractivity contribution in [2.45, 2.75) is 32.3 Å². The number of phenols is 1. The molecule has 1 aromatic heterocycles. The molecule has 0 fully saturated rings. The number of benzene rings is 2. The van der Waals surface area contributed by atoms with Gasteiger partial charge in [-0.05, 0) is 36.2 Å². The van der Waals surface area contributed by atoms with Crippen LogP contribution < -0.4 is 4.74 Å². The highest BCUT2D eigenvalue weighted by molar-refractivity contribution is 5.96. The Bertz CT molecular complexity index is 954. The van der Waals surface area contributed by atoms with Crippen LogP contribution in [0.25, 0.3) is 10.9 Å². The van der Waals surface area contributed by atoms with Crippen molar-refractivity contribution in [3.8, 4) is 11.5 Å². The van der Waals surface area contributed by atoms with E-state index in [9.17, 15) is 9.90 Å². The molecule has 0 saturated carbocycles. The summed E-state index contributed by atoms with van der Waals surface area (Å²) in [6, 6.07) is 16.7. The third-order valence-corrected chi connectivity index (χ3v) is 4.62. The number of ketones is 1. The molecule has 0 saturated heterocycles. The van der Waals surface area contributed by atoms with Crippen molar-refractivity contribution in [1.82, 2.24) is 4.98 Å². The van der Waals surface area contributed by atoms with E-state index in [4.69, 9.17) is 9.47 Å². The second kappa shape index (κ2) is 9.33. The number of aromatic nitrogens is 1. The molecule has 1 heterocycles. The van der Waals surface area contributed by atoms with Gasteiger partial charge in [0.15, 0.2) is 17.3 Å². The summed E-state index contributed by atoms with van der Waals surface area (Å²) < 4.78 is 11.1. The first-order chi connectivity index (χ1) is 13.6. The fourth-order valence-electron chi connectivity index (χ4n) is 3.05. The van der Waals surface area contributed by atoms with Gasteiger partial charge in [-0.15, -0.1) is 0 Å². The summed E-state index contributed by atoms with van der Waals surface area (Å²) in [4.78, 5) is 17.0. The lowest BCUT2D eigenvalue weighted by atomic mass is 10.1. The number of carbonyl (C=O) groups excluding carboxylic acids is 1. The molecule has 3 aromatic rings. The van der Waals surface area contributed by atoms with Crippen LogP contribution >= 0.6 is 0 Å². The van der Waals surface area contributed by atoms with Crippen molar-refractivity contribution in [3.63, 3.8) is 0 Å². The lowest BCUT2D eigenvalue weighted by Gasteiger charge is -2.16. The largest absolute Gasteiger partial charge is 0.504 e. The van der Waals surface area contributed by atoms with E-state index in [2.05, 4.69) is 11.9 Å². The number of hydrogen-bond donors (Lipinski definition) is 1. The standard InChI is InChI=1S/C23H25NO4/c1-3-6-16-9-12-23(22(26)13-16)28-15-18(27-2)14-21(25)20-11-10-17-7-4-5-8-19(17)24-20/h4-5,7-13,18,26H,3,6,14-15H2,1-2H3. The van der Waals surface area contributed by atoms with E-state index in [0.717, 1.165) is 29.3 Å². The quantitative estimate of drug-likeness (QED) is 0.552. The van der Waals surface area contributed by atoms with Gasteiger partial charge in [-0.3, -0.25) is 4.79 Å². The zero-order valence-electron chi connectivity index (χ0n) is 16.2. The van der Waals surface area contributed by atoms with Crippen LogP contribution in [0.1, 0.15) is 35.8 Å². The van der Waals surface area contributed by atoms with E-state index in [-0.39, 0.29) is 24.6 Å². The number of fused-ring (bicyclic) bond motifs is 1. The molecule has 0 aliphatic carbocycles. The molecule has 0 radical (unpaired) electrons. The van der Waals surface area contributed by atoms with Crippen LogP contribution in [-0.2, 0) is 11.2 Å². The Morgan fingerprint density at radius 1 is 1.14 bits per heavy atom. The number of phenolic OH excluding ortho intramolecular Hbond substituents is 1. The molecule has 1 atom stereocenters. The second-order valence-electron chi connectivity index (χ2n) is 6.74. The van der Waals surface area contributed by atoms with Gasteiger partial charge >= 0.3 is 0 Å². The number of ether oxygens (including phenoxy) is 2. The minimum absolute atomic E-state index is 0.100. The topological polar surface area (TPSA) is 68.7 Å². The van der Waals surface area contributed by atoms with Gasteiger partial charge < -0.3 is 14.6 Å². The number of pyridine rings is 1. The number of aromatic hydroxyl groups is 1. The summed E-state index contributed by atoms with van der Waals surface area (Å²) in [5, 5.41) is 11.1. The second-order valence-corrected chi connectivity index (χ2v) is 6.74. The number of hydrogen-bond acceptors (Lipinski definition) is 5. The molecular weight excluding hydrogens is 354 g/mol. The third-order valence-electron chi connectivity index (χ3n) is 4.62. The van der Waals surface area contributed by atoms with Crippen molar-refractivity contribution < 1.29 is 19.4 Å². The van der Waals surface area contributed by atoms with Crippen LogP contribution in [0.2, 0.25) is 0 Å². The molecule has 0 amide bonds. The first-order valence-corrected chi connectivity index (χ1v) is 9.47. The van der Waals surface area contributed by atoms with Gasteiger partial charge in [0.2, 0.25) is 0 Å². The predicted octanol–water partition coefficient (Wildman–Crippen LogP) is 4.56. The number of nitrogens with zero attached hydrogens (tertiary/aromatic N) is 1. The Kier molecular flexibility index (Phi) is 6.61. The SMILES string of the molecule is CCCc1ccc(OCC(CC(=O)c2ccc3ccccc3n2)OC)c(O)c1. The first-order valence-electron chi connectivity index (χ1n) is 9.47. The summed E-state index contributed by atoms with van der Waals surface area (Å²) in [6.45, 7) is 2.25. The highest BCUT2D eigenvalue weighted by Gasteiger charge is 2.18. The van der Waals surface area contributed by atoms with Crippen molar-refractivity contribution in [1.29, 1.82) is 0 Å². The van der Waals surface area contributed by atoms with Crippen LogP contribution in [-0.4, -0.2) is 35.7 Å². The molecule has 0 bridgehead atoms. The zero-order valence-corrected chi connectivity index (χ0v) is 16.2. The molecule has 2 aromatic carbocycles. The number of para-hydroxylation sites is 1. The van der Waals surface area contributed by atoms with Crippen molar-refractivity contribution >= 4 is 16.7 Å². The molecule has 0 aliphatic rings. The number of carbonyl (C=O) groups is 1. The molecule has 1 N–H and O–H groups in total. The molecule has 0 spiro atoms. The van der Waals surface area contributed by atoms with Gasteiger partial charge in [0.25, 0.3) is 0 Å². The highest BCUT2D eigenvalue weighted by Crippen LogP contribution is 2.27. The van der Waals surface area contributed by atoms with Crippen LogP contribution in [0.4, 0.5) is 0 Å². The van der Waals surface area contributed by atoms with E-state index in [0.29, 0.717) is 11.4 Å². The van der Waals surface area contributed by atoms with Crippen molar-refractivity contribution in [2.75, 3.05) is 13.7 Å². The van der Waals surface area contributed by atoms with Crippen LogP contribution in [0.3, 0.4) is 0 Å². The number of methoxy groups -OCH3 is 1. The Labute approximate surface area is 164 Å². The summed E-state index contributed by atoms with van der Waals surface area (Å²) in [5.74, 6) is 0.380. The molecule has 3 rings (SSSR count). The molecule has 1 unspecified atom stereocenters. The van der Waals surface area contributed by atoms with Crippen molar-refractivity contribution in [3.05, 3.63) is 65.9 Å². The first kappa shape index (κ1) is 19.8. The lowest BCUT2D eigenvalue weighted by Crippen LogP contribution is -2.24. The molecule has 28 heavy (non-hydrogen) atoms. The maximum Gasteiger partial charge on any atom is 0.183 e. The van der Waals surface area contributed by atoms with E-state index in [1.54, 1.807) is 25.3 Å². The average molecular weight is 379 g/mol. The van der Waals surface area contributed by atoms with E-state index in [1.807, 2.05) is 36.4 Å². The monoisotopic (exact) mass is 379 g/mol. The van der Waals surface area contributed by atoms with Gasteiger partial charge in [-0.2, -0.15) is 0 Å². The average Bonchev–Trinajstić information content (AvgIpc) is 2.72. The normalized spacial score (nSPS) is 12.1. The highest BCUT2D eigenvalue weighted by atomic mass is 16.5. The number of rotatable bonds is 9. The Hall–Kier alpha value is -2.92. The molecule has 146 valence electrons. The van der Waals surface area contributed by atoms with E-state index < -0.39 is 6.10 Å². The van der Waals surface area contributed by atoms with Gasteiger partial charge in [-0.1, -0.05) is 43.7 Å². The Morgan fingerprint density at radius 3 is 2.71 bits per heavy atom. The van der Waals surface area contributed by atoms with E-state index >= 15 is 0 Å². The number of Topliss-reactive ketones (excluding diaryl/α,β-unsaturated/α-hetero) is 1. The fourth-order valence-corrected chi connectivity index (χ4v) is 3.05. The van der Waals surface area contributed by atoms with Gasteiger partial charge in [-0.25, -0.2) is 4.98 Å². The Balaban J connectivity index is 1.62. The number of aryl methyl sites for hydroxylation is 1. The summed E-state index contributed by atoms with van der Waals surface area (Å²) >= 11 is 0. The lowest BCUT2D eigenvalue weighted by molar-refractivity contribution is 0.0467. The fraction of sp³-hybridized carbons (Fsp3) is 0.304. The minimum Gasteiger partial charge on any atom is -0.504 e. The third kappa shape index (κ3) is 4.87. The van der Waals surface area contributed by atoms with Gasteiger partial charge in [0, 0.05) is 18.9 Å². The van der Waals surface area contributed by atoms with Gasteiger partial charge in [0.1, 0.15) is 12.3 Å². The van der Waals surface area contributed by atoms with Crippen LogP contribution in [0.15, 0.2) is 54.6 Å². The zero-order chi connectivity index (χ0) is 19.9. The summed E-state index contributed by atoms with van der Waals surface area (Å²) in [7, 11) is 1.54. The van der Waals surface area contributed by atoms with Crippen LogP contribution in [0, 0.1) is 0 Å². The maximum absolute atomic E-state index is 12.6. The van der Waals surface area contributed by atoms with E-state index in [1.165, 1.54) is 0 Å². The summed E-state index contributed by atoms with van der Waals surface area (Å²) in [5.41, 5.74) is 2.26.